The fourth-order valence-electron chi connectivity index (χ4n) is 3.76. The molecule has 0 aliphatic heterocycles. The number of nitrogens with one attached hydrogen (secondary N) is 1. The van der Waals surface area contributed by atoms with E-state index in [-0.39, 0.29) is 11.1 Å². The summed E-state index contributed by atoms with van der Waals surface area (Å²) in [7, 11) is 0. The molecule has 2 fully saturated rings. The zero-order valence-corrected chi connectivity index (χ0v) is 14.8. The highest BCUT2D eigenvalue weighted by molar-refractivity contribution is 4.91. The van der Waals surface area contributed by atoms with Gasteiger partial charge in [0.25, 0.3) is 0 Å². The van der Waals surface area contributed by atoms with Crippen molar-refractivity contribution < 1.29 is 4.74 Å². The standard InChI is InChI=1S/C19H37NO/c1-16-11-13-19(14-12-16,15-20-18(2,3)4)21-17-9-7-5-6-8-10-17/h16-17,20H,5-15H2,1-4H3. The van der Waals surface area contributed by atoms with E-state index in [2.05, 4.69) is 33.0 Å². The Morgan fingerprint density at radius 2 is 1.52 bits per heavy atom. The molecule has 2 aliphatic rings. The SMILES string of the molecule is CC1CCC(CNC(C)(C)C)(OC2CCCCCC2)CC1. The van der Waals surface area contributed by atoms with Crippen LogP contribution in [0.15, 0.2) is 0 Å². The lowest BCUT2D eigenvalue weighted by Crippen LogP contribution is -2.52. The molecule has 0 unspecified atom stereocenters. The second-order valence-electron chi connectivity index (χ2n) is 8.70. The molecule has 2 aliphatic carbocycles. The summed E-state index contributed by atoms with van der Waals surface area (Å²) in [6.45, 7) is 10.2. The van der Waals surface area contributed by atoms with Gasteiger partial charge in [0.15, 0.2) is 0 Å². The van der Waals surface area contributed by atoms with Crippen molar-refractivity contribution in [1.82, 2.24) is 5.32 Å². The Morgan fingerprint density at radius 3 is 2.05 bits per heavy atom. The third-order valence-corrected chi connectivity index (χ3v) is 5.35. The molecule has 124 valence electrons. The average molecular weight is 296 g/mol. The van der Waals surface area contributed by atoms with Gasteiger partial charge in [-0.15, -0.1) is 0 Å². The van der Waals surface area contributed by atoms with E-state index in [4.69, 9.17) is 4.74 Å². The van der Waals surface area contributed by atoms with E-state index in [1.54, 1.807) is 0 Å². The average Bonchev–Trinajstić information content (AvgIpc) is 2.68. The maximum atomic E-state index is 6.78. The molecule has 0 amide bonds. The Kier molecular flexibility index (Phi) is 6.14. The smallest absolute Gasteiger partial charge is 0.0810 e. The van der Waals surface area contributed by atoms with Crippen molar-refractivity contribution >= 4 is 0 Å². The molecule has 2 saturated carbocycles. The summed E-state index contributed by atoms with van der Waals surface area (Å²) < 4.78 is 6.78. The van der Waals surface area contributed by atoms with Gasteiger partial charge in [-0.05, 0) is 65.2 Å². The highest BCUT2D eigenvalue weighted by atomic mass is 16.5. The third kappa shape index (κ3) is 5.90. The van der Waals surface area contributed by atoms with Crippen LogP contribution < -0.4 is 5.32 Å². The van der Waals surface area contributed by atoms with Gasteiger partial charge in [0.2, 0.25) is 0 Å². The number of ether oxygens (including phenoxy) is 1. The third-order valence-electron chi connectivity index (χ3n) is 5.35. The van der Waals surface area contributed by atoms with E-state index in [9.17, 15) is 0 Å². The van der Waals surface area contributed by atoms with Gasteiger partial charge in [0, 0.05) is 12.1 Å². The molecule has 0 radical (unpaired) electrons. The van der Waals surface area contributed by atoms with Crippen LogP contribution in [0.4, 0.5) is 0 Å². The Bertz CT molecular complexity index is 291. The van der Waals surface area contributed by atoms with Crippen LogP contribution in [0.3, 0.4) is 0 Å². The molecule has 1 N–H and O–H groups in total. The second kappa shape index (κ2) is 7.46. The summed E-state index contributed by atoms with van der Waals surface area (Å²) >= 11 is 0. The van der Waals surface area contributed by atoms with Crippen molar-refractivity contribution in [3.63, 3.8) is 0 Å². The van der Waals surface area contributed by atoms with Crippen LogP contribution in [0.25, 0.3) is 0 Å². The first-order chi connectivity index (χ1) is 9.89. The molecule has 2 rings (SSSR count). The Labute approximate surface area is 132 Å². The molecule has 0 aromatic rings. The van der Waals surface area contributed by atoms with Crippen molar-refractivity contribution in [3.8, 4) is 0 Å². The quantitative estimate of drug-likeness (QED) is 0.732. The molecule has 2 nitrogen and oxygen atoms in total. The van der Waals surface area contributed by atoms with E-state index in [1.807, 2.05) is 0 Å². The predicted octanol–water partition coefficient (Wildman–Crippen LogP) is 5.06. The summed E-state index contributed by atoms with van der Waals surface area (Å²) in [4.78, 5) is 0. The van der Waals surface area contributed by atoms with Gasteiger partial charge in [-0.1, -0.05) is 32.6 Å². The summed E-state index contributed by atoms with van der Waals surface area (Å²) in [5, 5.41) is 3.73. The van der Waals surface area contributed by atoms with Crippen LogP contribution in [0.2, 0.25) is 0 Å². The van der Waals surface area contributed by atoms with Crippen LogP contribution in [0.5, 0.6) is 0 Å². The maximum absolute atomic E-state index is 6.78. The van der Waals surface area contributed by atoms with E-state index < -0.39 is 0 Å². The zero-order chi connectivity index (χ0) is 15.3. The van der Waals surface area contributed by atoms with Crippen LogP contribution in [-0.2, 0) is 4.74 Å². The Morgan fingerprint density at radius 1 is 0.952 bits per heavy atom. The minimum absolute atomic E-state index is 0.106. The molecule has 0 atom stereocenters. The second-order valence-corrected chi connectivity index (χ2v) is 8.70. The van der Waals surface area contributed by atoms with Gasteiger partial charge >= 0.3 is 0 Å². The number of rotatable bonds is 4. The maximum Gasteiger partial charge on any atom is 0.0810 e. The van der Waals surface area contributed by atoms with Crippen molar-refractivity contribution in [3.05, 3.63) is 0 Å². The largest absolute Gasteiger partial charge is 0.370 e. The topological polar surface area (TPSA) is 21.3 Å². The number of hydrogen-bond acceptors (Lipinski definition) is 2. The van der Waals surface area contributed by atoms with Gasteiger partial charge < -0.3 is 10.1 Å². The van der Waals surface area contributed by atoms with Crippen LogP contribution in [0, 0.1) is 5.92 Å². The van der Waals surface area contributed by atoms with Crippen LogP contribution >= 0.6 is 0 Å². The van der Waals surface area contributed by atoms with E-state index in [0.29, 0.717) is 6.10 Å². The molecule has 0 bridgehead atoms. The van der Waals surface area contributed by atoms with Gasteiger partial charge in [0.05, 0.1) is 11.7 Å². The highest BCUT2D eigenvalue weighted by Gasteiger charge is 2.38. The number of hydrogen-bond donors (Lipinski definition) is 1. The summed E-state index contributed by atoms with van der Waals surface area (Å²) in [6.07, 6.45) is 13.8. The van der Waals surface area contributed by atoms with Crippen molar-refractivity contribution in [2.45, 2.75) is 109 Å². The Hall–Kier alpha value is -0.0800. The van der Waals surface area contributed by atoms with Gasteiger partial charge in [-0.2, -0.15) is 0 Å². The molecule has 0 heterocycles. The Balaban J connectivity index is 1.97. The van der Waals surface area contributed by atoms with E-state index >= 15 is 0 Å². The fourth-order valence-corrected chi connectivity index (χ4v) is 3.76. The van der Waals surface area contributed by atoms with Crippen LogP contribution in [-0.4, -0.2) is 23.8 Å². The molecular weight excluding hydrogens is 258 g/mol. The summed E-state index contributed by atoms with van der Waals surface area (Å²) in [6, 6.07) is 0. The van der Waals surface area contributed by atoms with Crippen LogP contribution in [0.1, 0.15) is 91.9 Å². The predicted molar refractivity (Wildman–Crippen MR) is 90.7 cm³/mol. The van der Waals surface area contributed by atoms with Crippen molar-refractivity contribution in [2.75, 3.05) is 6.54 Å². The lowest BCUT2D eigenvalue weighted by Gasteiger charge is -2.43. The summed E-state index contributed by atoms with van der Waals surface area (Å²) in [5.41, 5.74) is 0.289. The van der Waals surface area contributed by atoms with Gasteiger partial charge in [-0.3, -0.25) is 0 Å². The van der Waals surface area contributed by atoms with Crippen molar-refractivity contribution in [2.24, 2.45) is 5.92 Å². The first kappa shape index (κ1) is 17.3. The minimum atomic E-state index is 0.106. The molecule has 21 heavy (non-hydrogen) atoms. The van der Waals surface area contributed by atoms with Gasteiger partial charge in [0.1, 0.15) is 0 Å². The zero-order valence-electron chi connectivity index (χ0n) is 14.8. The monoisotopic (exact) mass is 295 g/mol. The lowest BCUT2D eigenvalue weighted by molar-refractivity contribution is -0.123. The molecule has 0 aromatic heterocycles. The van der Waals surface area contributed by atoms with Crippen molar-refractivity contribution in [1.29, 1.82) is 0 Å². The first-order valence-electron chi connectivity index (χ1n) is 9.31. The molecule has 0 spiro atoms. The summed E-state index contributed by atoms with van der Waals surface area (Å²) in [5.74, 6) is 0.880. The molecule has 0 saturated heterocycles. The minimum Gasteiger partial charge on any atom is -0.370 e. The molecule has 0 aromatic carbocycles. The highest BCUT2D eigenvalue weighted by Crippen LogP contribution is 2.37. The van der Waals surface area contributed by atoms with Gasteiger partial charge in [-0.25, -0.2) is 0 Å². The lowest BCUT2D eigenvalue weighted by atomic mass is 9.78. The first-order valence-corrected chi connectivity index (χ1v) is 9.31. The van der Waals surface area contributed by atoms with E-state index in [1.165, 1.54) is 64.2 Å². The molecular formula is C19H37NO. The normalized spacial score (nSPS) is 32.9. The fraction of sp³-hybridized carbons (Fsp3) is 1.00. The van der Waals surface area contributed by atoms with E-state index in [0.717, 1.165) is 12.5 Å². The molecule has 2 heteroatoms.